The van der Waals surface area contributed by atoms with Crippen molar-refractivity contribution in [3.8, 4) is 0 Å². The Morgan fingerprint density at radius 2 is 1.64 bits per heavy atom. The van der Waals surface area contributed by atoms with E-state index in [2.05, 4.69) is 17.0 Å². The monoisotopic (exact) mass is 591 g/mol. The molecule has 3 aromatic carbocycles. The number of nitrogens with two attached hydrogens (primary N) is 2. The Kier molecular flexibility index (Phi) is 11.0. The van der Waals surface area contributed by atoms with E-state index in [1.54, 1.807) is 47.4 Å². The van der Waals surface area contributed by atoms with Crippen molar-refractivity contribution < 1.29 is 19.5 Å². The number of primary amides is 1. The van der Waals surface area contributed by atoms with Crippen LogP contribution < -0.4 is 16.8 Å². The number of nitrogens with zero attached hydrogens (tertiary/aromatic N) is 2. The Balaban J connectivity index is 1.90. The van der Waals surface area contributed by atoms with Gasteiger partial charge in [-0.05, 0) is 105 Å². The summed E-state index contributed by atoms with van der Waals surface area (Å²) >= 11 is 6.06. The van der Waals surface area contributed by atoms with Gasteiger partial charge >= 0.3 is 5.97 Å². The number of benzene rings is 3. The third-order valence-electron chi connectivity index (χ3n) is 7.39. The lowest BCUT2D eigenvalue weighted by Gasteiger charge is -2.35. The number of hydrogen-bond donors (Lipinski definition) is 4. The number of nitrogens with one attached hydrogen (secondary N) is 1. The minimum atomic E-state index is -1.06. The second kappa shape index (κ2) is 14.2. The minimum absolute atomic E-state index is 0.123. The van der Waals surface area contributed by atoms with Gasteiger partial charge in [-0.25, -0.2) is 4.79 Å². The molecule has 0 bridgehead atoms. The summed E-state index contributed by atoms with van der Waals surface area (Å²) in [6, 6.07) is 15.7. The smallest absolute Gasteiger partial charge is 0.335 e. The highest BCUT2D eigenvalue weighted by atomic mass is 35.5. The molecule has 0 heterocycles. The molecule has 10 heteroatoms. The van der Waals surface area contributed by atoms with Gasteiger partial charge in [-0.2, -0.15) is 0 Å². The van der Waals surface area contributed by atoms with Gasteiger partial charge in [-0.1, -0.05) is 35.9 Å². The second-order valence-electron chi connectivity index (χ2n) is 10.5. The number of carbonyl (C=O) groups is 3. The molecule has 0 radical (unpaired) electrons. The first-order valence-corrected chi connectivity index (χ1v) is 14.0. The molecule has 0 saturated carbocycles. The number of amides is 2. The fraction of sp³-hybridized carbons (Fsp3) is 0.312. The topological polar surface area (TPSA) is 151 Å². The number of carbonyl (C=O) groups excluding carboxylic acids is 2. The Morgan fingerprint density at radius 3 is 2.19 bits per heavy atom. The Bertz CT molecular complexity index is 1440. The molecule has 3 aromatic rings. The van der Waals surface area contributed by atoms with Crippen LogP contribution in [0.25, 0.3) is 0 Å². The molecule has 0 spiro atoms. The molecule has 0 fully saturated rings. The maximum Gasteiger partial charge on any atom is 0.335 e. The van der Waals surface area contributed by atoms with Crippen molar-refractivity contribution in [3.05, 3.63) is 105 Å². The van der Waals surface area contributed by atoms with Crippen LogP contribution in [0.4, 0.5) is 0 Å². The van der Waals surface area contributed by atoms with E-state index in [0.29, 0.717) is 16.1 Å². The van der Waals surface area contributed by atoms with Crippen molar-refractivity contribution in [3.63, 3.8) is 0 Å². The summed E-state index contributed by atoms with van der Waals surface area (Å²) in [7, 11) is 0. The lowest BCUT2D eigenvalue weighted by Crippen LogP contribution is -2.55. The molecule has 0 aliphatic heterocycles. The third kappa shape index (κ3) is 8.03. The van der Waals surface area contributed by atoms with E-state index in [0.717, 1.165) is 22.3 Å². The number of carboxylic acid groups (broad SMARTS) is 1. The third-order valence-corrected chi connectivity index (χ3v) is 7.64. The summed E-state index contributed by atoms with van der Waals surface area (Å²) in [6.07, 6.45) is -0.270. The zero-order valence-corrected chi connectivity index (χ0v) is 25.1. The number of aromatic carboxylic acids is 1. The Hall–Kier alpha value is -4.05. The van der Waals surface area contributed by atoms with Gasteiger partial charge in [0.25, 0.3) is 0 Å². The standard InChI is InChI=1S/C32H38ClN5O4/c1-18-13-25(30(35)39)14-19(2)27(18)16-28(34)31(40)38(17-22-7-6-8-24(15-22)32(41)42)21(4)37-20(3)29(36-5)23-9-11-26(33)12-10-23/h6-15,20-21,28-29,37H,5,16-17,34H2,1-4H3,(H2,35,39)(H,41,42)/t20?,21?,28-,29?/m0/s1. The Labute approximate surface area is 251 Å². The largest absolute Gasteiger partial charge is 0.478 e. The van der Waals surface area contributed by atoms with E-state index in [9.17, 15) is 19.5 Å². The number of aliphatic imine (C=N–C) groups is 1. The van der Waals surface area contributed by atoms with Crippen LogP contribution in [0.1, 0.15) is 68.4 Å². The first-order valence-electron chi connectivity index (χ1n) is 13.6. The zero-order chi connectivity index (χ0) is 31.1. The highest BCUT2D eigenvalue weighted by molar-refractivity contribution is 6.30. The average Bonchev–Trinajstić information content (AvgIpc) is 2.94. The van der Waals surface area contributed by atoms with Crippen molar-refractivity contribution in [2.75, 3.05) is 0 Å². The molecule has 222 valence electrons. The molecule has 4 atom stereocenters. The van der Waals surface area contributed by atoms with Crippen molar-refractivity contribution in [1.82, 2.24) is 10.2 Å². The van der Waals surface area contributed by atoms with Crippen LogP contribution in [-0.4, -0.2) is 52.8 Å². The van der Waals surface area contributed by atoms with Gasteiger partial charge in [0.15, 0.2) is 0 Å². The number of halogens is 1. The first kappa shape index (κ1) is 32.5. The van der Waals surface area contributed by atoms with E-state index >= 15 is 0 Å². The molecule has 0 aliphatic carbocycles. The van der Waals surface area contributed by atoms with Crippen LogP contribution in [-0.2, 0) is 17.8 Å². The van der Waals surface area contributed by atoms with Crippen LogP contribution in [0.3, 0.4) is 0 Å². The van der Waals surface area contributed by atoms with Gasteiger partial charge < -0.3 is 21.5 Å². The number of rotatable bonds is 13. The molecule has 3 unspecified atom stereocenters. The second-order valence-corrected chi connectivity index (χ2v) is 11.0. The summed E-state index contributed by atoms with van der Waals surface area (Å²) in [6.45, 7) is 11.4. The quantitative estimate of drug-likeness (QED) is 0.171. The van der Waals surface area contributed by atoms with E-state index in [-0.39, 0.29) is 36.5 Å². The SMILES string of the molecule is C=NC(c1ccc(Cl)cc1)C(C)NC(C)N(Cc1cccc(C(=O)O)c1)C(=O)[C@@H](N)Cc1c(C)cc(C(N)=O)cc1C. The van der Waals surface area contributed by atoms with Gasteiger partial charge in [0, 0.05) is 23.2 Å². The summed E-state index contributed by atoms with van der Waals surface area (Å²) in [5.41, 5.74) is 16.6. The highest BCUT2D eigenvalue weighted by Crippen LogP contribution is 2.24. The van der Waals surface area contributed by atoms with E-state index in [4.69, 9.17) is 23.1 Å². The van der Waals surface area contributed by atoms with Crippen molar-refractivity contribution in [2.45, 2.75) is 65.0 Å². The fourth-order valence-corrected chi connectivity index (χ4v) is 5.28. The maximum absolute atomic E-state index is 14.0. The minimum Gasteiger partial charge on any atom is -0.478 e. The fourth-order valence-electron chi connectivity index (χ4n) is 5.16. The summed E-state index contributed by atoms with van der Waals surface area (Å²) in [5.74, 6) is -1.91. The van der Waals surface area contributed by atoms with E-state index < -0.39 is 24.1 Å². The summed E-state index contributed by atoms with van der Waals surface area (Å²) < 4.78 is 0. The predicted octanol–water partition coefficient (Wildman–Crippen LogP) is 4.42. The van der Waals surface area contributed by atoms with Crippen LogP contribution in [0.2, 0.25) is 5.02 Å². The molecule has 0 saturated heterocycles. The molecule has 2 amide bonds. The van der Waals surface area contributed by atoms with Gasteiger partial charge in [0.2, 0.25) is 11.8 Å². The molecule has 42 heavy (non-hydrogen) atoms. The number of aryl methyl sites for hydroxylation is 2. The molecule has 3 rings (SSSR count). The molecular formula is C32H38ClN5O4. The Morgan fingerprint density at radius 1 is 1.02 bits per heavy atom. The molecular weight excluding hydrogens is 554 g/mol. The highest BCUT2D eigenvalue weighted by Gasteiger charge is 2.29. The van der Waals surface area contributed by atoms with Gasteiger partial charge in [0.1, 0.15) is 0 Å². The lowest BCUT2D eigenvalue weighted by molar-refractivity contribution is -0.136. The summed E-state index contributed by atoms with van der Waals surface area (Å²) in [5, 5.41) is 13.6. The first-order chi connectivity index (χ1) is 19.8. The normalized spacial score (nSPS) is 14.0. The van der Waals surface area contributed by atoms with Gasteiger partial charge in [0.05, 0.1) is 23.8 Å². The zero-order valence-electron chi connectivity index (χ0n) is 24.3. The average molecular weight is 592 g/mol. The molecule has 9 nitrogen and oxygen atoms in total. The van der Waals surface area contributed by atoms with Crippen LogP contribution >= 0.6 is 11.6 Å². The summed E-state index contributed by atoms with van der Waals surface area (Å²) in [4.78, 5) is 43.2. The van der Waals surface area contributed by atoms with Gasteiger partial charge in [-0.15, -0.1) is 0 Å². The molecule has 0 aromatic heterocycles. The predicted molar refractivity (Wildman–Crippen MR) is 166 cm³/mol. The van der Waals surface area contributed by atoms with Gasteiger partial charge in [-0.3, -0.25) is 19.9 Å². The van der Waals surface area contributed by atoms with Crippen molar-refractivity contribution >= 4 is 36.1 Å². The van der Waals surface area contributed by atoms with Crippen LogP contribution in [0.5, 0.6) is 0 Å². The van der Waals surface area contributed by atoms with Crippen molar-refractivity contribution in [2.24, 2.45) is 16.5 Å². The molecule has 6 N–H and O–H groups in total. The number of hydrogen-bond acceptors (Lipinski definition) is 6. The molecule has 0 aliphatic rings. The number of carboxylic acids is 1. The van der Waals surface area contributed by atoms with E-state index in [1.165, 1.54) is 6.07 Å². The van der Waals surface area contributed by atoms with Crippen LogP contribution in [0.15, 0.2) is 65.7 Å². The van der Waals surface area contributed by atoms with Crippen LogP contribution in [0, 0.1) is 13.8 Å². The maximum atomic E-state index is 14.0. The lowest BCUT2D eigenvalue weighted by atomic mass is 9.93. The van der Waals surface area contributed by atoms with E-state index in [1.807, 2.05) is 39.8 Å². The van der Waals surface area contributed by atoms with Crippen molar-refractivity contribution in [1.29, 1.82) is 0 Å².